The summed E-state index contributed by atoms with van der Waals surface area (Å²) in [6, 6.07) is 5.36. The van der Waals surface area contributed by atoms with E-state index in [0.717, 1.165) is 12.1 Å². The van der Waals surface area contributed by atoms with Gasteiger partial charge in [-0.25, -0.2) is 9.18 Å². The van der Waals surface area contributed by atoms with Crippen LogP contribution < -0.4 is 5.32 Å². The minimum Gasteiger partial charge on any atom is -0.478 e. The van der Waals surface area contributed by atoms with Gasteiger partial charge < -0.3 is 10.4 Å². The fourth-order valence-electron chi connectivity index (χ4n) is 1.06. The summed E-state index contributed by atoms with van der Waals surface area (Å²) in [5.41, 5.74) is -0.308. The van der Waals surface area contributed by atoms with E-state index in [1.165, 1.54) is 12.1 Å². The molecule has 86 valence electrons. The van der Waals surface area contributed by atoms with E-state index >= 15 is 0 Å². The molecule has 0 fully saturated rings. The summed E-state index contributed by atoms with van der Waals surface area (Å²) >= 11 is 0. The number of hydrogen-bond donors (Lipinski definition) is 2. The molecule has 1 aromatic rings. The molecule has 1 rings (SSSR count). The summed E-state index contributed by atoms with van der Waals surface area (Å²) in [4.78, 5) is 21.4. The van der Waals surface area contributed by atoms with Crippen LogP contribution in [0.4, 0.5) is 10.1 Å². The fourth-order valence-corrected chi connectivity index (χ4v) is 1.06. The van der Waals surface area contributed by atoms with E-state index in [1.807, 2.05) is 0 Å². The molecule has 0 saturated heterocycles. The standard InChI is InChI=1S/C11H7FN2O3/c12-8-2-1-3-9(7(8)6-13)14-10(15)4-5-11(16)17/h1-5H,(H,14,15)(H,16,17)/b5-4+. The van der Waals surface area contributed by atoms with Crippen LogP contribution in [0.15, 0.2) is 30.4 Å². The molecule has 0 bridgehead atoms. The molecule has 0 aromatic heterocycles. The van der Waals surface area contributed by atoms with Crippen molar-refractivity contribution in [2.75, 3.05) is 5.32 Å². The minimum absolute atomic E-state index is 0.00691. The van der Waals surface area contributed by atoms with E-state index in [-0.39, 0.29) is 11.3 Å². The number of benzene rings is 1. The highest BCUT2D eigenvalue weighted by Gasteiger charge is 2.09. The third-order valence-electron chi connectivity index (χ3n) is 1.76. The maximum absolute atomic E-state index is 13.1. The predicted octanol–water partition coefficient (Wildman–Crippen LogP) is 1.28. The van der Waals surface area contributed by atoms with Crippen LogP contribution in [-0.4, -0.2) is 17.0 Å². The van der Waals surface area contributed by atoms with Crippen LogP contribution in [0.25, 0.3) is 0 Å². The van der Waals surface area contributed by atoms with Crippen molar-refractivity contribution in [3.63, 3.8) is 0 Å². The fraction of sp³-hybridized carbons (Fsp3) is 0. The molecular weight excluding hydrogens is 227 g/mol. The Labute approximate surface area is 95.8 Å². The van der Waals surface area contributed by atoms with E-state index in [1.54, 1.807) is 6.07 Å². The summed E-state index contributed by atoms with van der Waals surface area (Å²) in [7, 11) is 0. The molecule has 0 aliphatic heterocycles. The zero-order valence-electron chi connectivity index (χ0n) is 8.48. The third-order valence-corrected chi connectivity index (χ3v) is 1.76. The molecule has 5 nitrogen and oxygen atoms in total. The van der Waals surface area contributed by atoms with Crippen molar-refractivity contribution in [2.45, 2.75) is 0 Å². The monoisotopic (exact) mass is 234 g/mol. The lowest BCUT2D eigenvalue weighted by Crippen LogP contribution is -2.10. The number of carboxylic acids is 1. The summed E-state index contributed by atoms with van der Waals surface area (Å²) in [5, 5.41) is 19.2. The smallest absolute Gasteiger partial charge is 0.328 e. The van der Waals surface area contributed by atoms with E-state index in [0.29, 0.717) is 6.08 Å². The Bertz CT molecular complexity index is 532. The number of rotatable bonds is 3. The van der Waals surface area contributed by atoms with Crippen LogP contribution in [-0.2, 0) is 9.59 Å². The molecule has 0 atom stereocenters. The summed E-state index contributed by atoms with van der Waals surface area (Å²) < 4.78 is 13.1. The number of amides is 1. The lowest BCUT2D eigenvalue weighted by molar-refractivity contribution is -0.131. The lowest BCUT2D eigenvalue weighted by Gasteiger charge is -2.04. The van der Waals surface area contributed by atoms with Gasteiger partial charge in [0.05, 0.1) is 5.69 Å². The van der Waals surface area contributed by atoms with Crippen molar-refractivity contribution in [2.24, 2.45) is 0 Å². The molecule has 0 aliphatic carbocycles. The van der Waals surface area contributed by atoms with Crippen LogP contribution in [0, 0.1) is 17.1 Å². The normalized spacial score (nSPS) is 9.88. The Morgan fingerprint density at radius 2 is 2.12 bits per heavy atom. The number of carboxylic acid groups (broad SMARTS) is 1. The highest BCUT2D eigenvalue weighted by Crippen LogP contribution is 2.17. The predicted molar refractivity (Wildman–Crippen MR) is 56.5 cm³/mol. The molecular formula is C11H7FN2O3. The van der Waals surface area contributed by atoms with Gasteiger partial charge in [0.2, 0.25) is 5.91 Å². The van der Waals surface area contributed by atoms with Crippen LogP contribution in [0.1, 0.15) is 5.56 Å². The van der Waals surface area contributed by atoms with E-state index in [9.17, 15) is 14.0 Å². The van der Waals surface area contributed by atoms with Crippen LogP contribution in [0.2, 0.25) is 0 Å². The zero-order chi connectivity index (χ0) is 12.8. The van der Waals surface area contributed by atoms with Gasteiger partial charge in [0.1, 0.15) is 17.4 Å². The van der Waals surface area contributed by atoms with Crippen molar-refractivity contribution in [1.82, 2.24) is 0 Å². The van der Waals surface area contributed by atoms with Crippen LogP contribution >= 0.6 is 0 Å². The van der Waals surface area contributed by atoms with E-state index in [4.69, 9.17) is 10.4 Å². The molecule has 0 radical (unpaired) electrons. The first-order valence-electron chi connectivity index (χ1n) is 4.45. The van der Waals surface area contributed by atoms with Crippen LogP contribution in [0.3, 0.4) is 0 Å². The Morgan fingerprint density at radius 1 is 1.41 bits per heavy atom. The van der Waals surface area contributed by atoms with Gasteiger partial charge in [-0.05, 0) is 12.1 Å². The molecule has 0 spiro atoms. The number of anilines is 1. The second-order valence-electron chi connectivity index (χ2n) is 2.94. The lowest BCUT2D eigenvalue weighted by atomic mass is 10.2. The van der Waals surface area contributed by atoms with Gasteiger partial charge in [0, 0.05) is 12.2 Å². The molecule has 1 amide bonds. The van der Waals surface area contributed by atoms with Crippen molar-refractivity contribution < 1.29 is 19.1 Å². The van der Waals surface area contributed by atoms with Crippen LogP contribution in [0.5, 0.6) is 0 Å². The molecule has 0 aliphatic rings. The van der Waals surface area contributed by atoms with Crippen molar-refractivity contribution in [3.05, 3.63) is 41.7 Å². The molecule has 17 heavy (non-hydrogen) atoms. The molecule has 6 heteroatoms. The maximum atomic E-state index is 13.1. The average Bonchev–Trinajstić information content (AvgIpc) is 2.27. The first-order chi connectivity index (χ1) is 8.04. The number of nitrogens with zero attached hydrogens (tertiary/aromatic N) is 1. The highest BCUT2D eigenvalue weighted by molar-refractivity contribution is 6.02. The topological polar surface area (TPSA) is 90.2 Å². The van der Waals surface area contributed by atoms with Gasteiger partial charge in [-0.15, -0.1) is 0 Å². The quantitative estimate of drug-likeness (QED) is 0.770. The number of carbonyl (C=O) groups excluding carboxylic acids is 1. The number of halogens is 1. The minimum atomic E-state index is -1.28. The molecule has 1 aromatic carbocycles. The number of nitrogens with one attached hydrogen (secondary N) is 1. The Morgan fingerprint density at radius 3 is 2.71 bits per heavy atom. The second-order valence-corrected chi connectivity index (χ2v) is 2.94. The van der Waals surface area contributed by atoms with Gasteiger partial charge in [0.25, 0.3) is 0 Å². The molecule has 0 heterocycles. The summed E-state index contributed by atoms with van der Waals surface area (Å²) in [5.74, 6) is -2.79. The average molecular weight is 234 g/mol. The van der Waals surface area contributed by atoms with Crippen molar-refractivity contribution in [3.8, 4) is 6.07 Å². The molecule has 0 saturated carbocycles. The van der Waals surface area contributed by atoms with Gasteiger partial charge in [0.15, 0.2) is 0 Å². The van der Waals surface area contributed by atoms with Gasteiger partial charge in [-0.1, -0.05) is 6.07 Å². The number of hydrogen-bond acceptors (Lipinski definition) is 3. The maximum Gasteiger partial charge on any atom is 0.328 e. The third kappa shape index (κ3) is 3.43. The largest absolute Gasteiger partial charge is 0.478 e. The van der Waals surface area contributed by atoms with Crippen molar-refractivity contribution in [1.29, 1.82) is 5.26 Å². The Balaban J connectivity index is 2.90. The number of aliphatic carboxylic acids is 1. The van der Waals surface area contributed by atoms with Gasteiger partial charge >= 0.3 is 5.97 Å². The first kappa shape index (κ1) is 12.4. The summed E-state index contributed by atoms with van der Waals surface area (Å²) in [6.07, 6.45) is 1.41. The Kier molecular flexibility index (Phi) is 3.95. The molecule has 2 N–H and O–H groups in total. The first-order valence-corrected chi connectivity index (χ1v) is 4.45. The Hall–Kier alpha value is -2.68. The molecule has 0 unspecified atom stereocenters. The summed E-state index contributed by atoms with van der Waals surface area (Å²) in [6.45, 7) is 0. The van der Waals surface area contributed by atoms with Gasteiger partial charge in [-0.2, -0.15) is 5.26 Å². The zero-order valence-corrected chi connectivity index (χ0v) is 8.48. The number of nitriles is 1. The highest BCUT2D eigenvalue weighted by atomic mass is 19.1. The van der Waals surface area contributed by atoms with E-state index < -0.39 is 17.7 Å². The SMILES string of the molecule is N#Cc1c(F)cccc1NC(=O)/C=C/C(=O)O. The number of carbonyl (C=O) groups is 2. The second kappa shape index (κ2) is 5.42. The van der Waals surface area contributed by atoms with Crippen molar-refractivity contribution >= 4 is 17.6 Å². The van der Waals surface area contributed by atoms with E-state index in [2.05, 4.69) is 5.32 Å². The van der Waals surface area contributed by atoms with Gasteiger partial charge in [-0.3, -0.25) is 4.79 Å².